The van der Waals surface area contributed by atoms with Crippen LogP contribution in [0.4, 0.5) is 4.79 Å². The van der Waals surface area contributed by atoms with E-state index in [-0.39, 0.29) is 6.03 Å². The van der Waals surface area contributed by atoms with E-state index in [2.05, 4.69) is 15.2 Å². The van der Waals surface area contributed by atoms with Crippen LogP contribution in [0.3, 0.4) is 0 Å². The van der Waals surface area contributed by atoms with Gasteiger partial charge in [-0.3, -0.25) is 4.90 Å². The third-order valence-corrected chi connectivity index (χ3v) is 4.70. The van der Waals surface area contributed by atoms with Crippen LogP contribution < -0.4 is 5.32 Å². The molecule has 3 rings (SSSR count). The maximum absolute atomic E-state index is 12.2. The highest BCUT2D eigenvalue weighted by atomic mass is 16.3. The van der Waals surface area contributed by atoms with Crippen LogP contribution in [0.2, 0.25) is 0 Å². The number of urea groups is 1. The Kier molecular flexibility index (Phi) is 6.11. The van der Waals surface area contributed by atoms with Crippen molar-refractivity contribution in [2.45, 2.75) is 25.9 Å². The van der Waals surface area contributed by atoms with Gasteiger partial charge in [-0.2, -0.15) is 0 Å². The number of carbonyl (C=O) groups excluding carboxylic acids is 1. The normalized spacial score (nSPS) is 18.2. The van der Waals surface area contributed by atoms with Gasteiger partial charge >= 0.3 is 6.03 Å². The average Bonchev–Trinajstić information content (AvgIpc) is 3.31. The van der Waals surface area contributed by atoms with E-state index in [1.165, 1.54) is 0 Å². The number of nitrogens with zero attached hydrogens (tertiary/aromatic N) is 4. The Labute approximate surface area is 148 Å². The minimum absolute atomic E-state index is 0.0109. The molecule has 7 nitrogen and oxygen atoms in total. The molecule has 1 fully saturated rings. The van der Waals surface area contributed by atoms with Crippen molar-refractivity contribution in [3.63, 3.8) is 0 Å². The molecule has 0 saturated carbocycles. The molecule has 0 radical (unpaired) electrons. The SMILES string of the molecule is CN(CCn1ccnc1)C(=O)NC[C@H]1CCCN(Cc2ccco2)C1. The van der Waals surface area contributed by atoms with E-state index in [0.717, 1.165) is 51.3 Å². The summed E-state index contributed by atoms with van der Waals surface area (Å²) in [6, 6.07) is 3.93. The highest BCUT2D eigenvalue weighted by Gasteiger charge is 2.21. The Morgan fingerprint density at radius 1 is 1.52 bits per heavy atom. The van der Waals surface area contributed by atoms with E-state index in [0.29, 0.717) is 12.5 Å². The lowest BCUT2D eigenvalue weighted by atomic mass is 9.98. The van der Waals surface area contributed by atoms with Gasteiger partial charge in [0.15, 0.2) is 0 Å². The van der Waals surface area contributed by atoms with Gasteiger partial charge in [-0.15, -0.1) is 0 Å². The molecule has 0 aromatic carbocycles. The fourth-order valence-corrected chi connectivity index (χ4v) is 3.24. The number of likely N-dealkylation sites (N-methyl/N-ethyl adjacent to an activating group) is 1. The van der Waals surface area contributed by atoms with E-state index in [1.54, 1.807) is 23.7 Å². The van der Waals surface area contributed by atoms with Crippen LogP contribution in [0.5, 0.6) is 0 Å². The van der Waals surface area contributed by atoms with Crippen LogP contribution in [0, 0.1) is 5.92 Å². The van der Waals surface area contributed by atoms with Crippen molar-refractivity contribution < 1.29 is 9.21 Å². The first kappa shape index (κ1) is 17.5. The average molecular weight is 345 g/mol. The molecule has 3 heterocycles. The Balaban J connectivity index is 1.37. The lowest BCUT2D eigenvalue weighted by Crippen LogP contribution is -2.44. The smallest absolute Gasteiger partial charge is 0.317 e. The molecule has 1 N–H and O–H groups in total. The molecule has 7 heteroatoms. The molecule has 136 valence electrons. The van der Waals surface area contributed by atoms with Gasteiger partial charge in [0.25, 0.3) is 0 Å². The van der Waals surface area contributed by atoms with Gasteiger partial charge in [0.2, 0.25) is 0 Å². The number of likely N-dealkylation sites (tertiary alicyclic amines) is 1. The van der Waals surface area contributed by atoms with Crippen molar-refractivity contribution >= 4 is 6.03 Å². The first-order valence-corrected chi connectivity index (χ1v) is 8.90. The van der Waals surface area contributed by atoms with Gasteiger partial charge in [-0.1, -0.05) is 0 Å². The number of imidazole rings is 1. The second-order valence-electron chi connectivity index (χ2n) is 6.73. The van der Waals surface area contributed by atoms with Gasteiger partial charge in [0.1, 0.15) is 5.76 Å². The molecule has 0 unspecified atom stereocenters. The van der Waals surface area contributed by atoms with Gasteiger partial charge in [-0.25, -0.2) is 9.78 Å². The zero-order valence-electron chi connectivity index (χ0n) is 14.8. The van der Waals surface area contributed by atoms with Crippen molar-refractivity contribution in [1.29, 1.82) is 0 Å². The molecule has 2 amide bonds. The molecule has 2 aromatic rings. The standard InChI is InChI=1S/C18H27N5O2/c1-21(9-10-22-8-6-19-15-22)18(24)20-12-16-4-2-7-23(13-16)14-17-5-3-11-25-17/h3,5-6,8,11,15-16H,2,4,7,9-10,12-14H2,1H3,(H,20,24)/t16-/m1/s1. The molecule has 1 atom stereocenters. The lowest BCUT2D eigenvalue weighted by Gasteiger charge is -2.32. The van der Waals surface area contributed by atoms with Gasteiger partial charge in [0.05, 0.1) is 19.1 Å². The molecule has 0 spiro atoms. The topological polar surface area (TPSA) is 66.5 Å². The molecule has 1 aliphatic heterocycles. The molecule has 0 aliphatic carbocycles. The van der Waals surface area contributed by atoms with Gasteiger partial charge < -0.3 is 19.2 Å². The Bertz CT molecular complexity index is 626. The Morgan fingerprint density at radius 2 is 2.44 bits per heavy atom. The van der Waals surface area contributed by atoms with Crippen molar-refractivity contribution in [3.05, 3.63) is 42.9 Å². The third kappa shape index (κ3) is 5.35. The van der Waals surface area contributed by atoms with Crippen LogP contribution in [0.15, 0.2) is 41.5 Å². The Morgan fingerprint density at radius 3 is 3.20 bits per heavy atom. The van der Waals surface area contributed by atoms with Gasteiger partial charge in [-0.05, 0) is 37.4 Å². The van der Waals surface area contributed by atoms with Crippen LogP contribution in [-0.4, -0.2) is 58.6 Å². The van der Waals surface area contributed by atoms with Crippen LogP contribution in [-0.2, 0) is 13.1 Å². The monoisotopic (exact) mass is 345 g/mol. The van der Waals surface area contributed by atoms with E-state index in [4.69, 9.17) is 4.42 Å². The molecular weight excluding hydrogens is 318 g/mol. The number of amides is 2. The Hall–Kier alpha value is -2.28. The number of carbonyl (C=O) groups is 1. The summed E-state index contributed by atoms with van der Waals surface area (Å²) >= 11 is 0. The summed E-state index contributed by atoms with van der Waals surface area (Å²) < 4.78 is 7.40. The van der Waals surface area contributed by atoms with Crippen molar-refractivity contribution in [2.75, 3.05) is 33.2 Å². The molecule has 1 aliphatic rings. The third-order valence-electron chi connectivity index (χ3n) is 4.70. The van der Waals surface area contributed by atoms with E-state index in [9.17, 15) is 4.79 Å². The molecule has 1 saturated heterocycles. The van der Waals surface area contributed by atoms with E-state index in [1.807, 2.05) is 29.9 Å². The van der Waals surface area contributed by atoms with Crippen molar-refractivity contribution in [1.82, 2.24) is 24.7 Å². The van der Waals surface area contributed by atoms with E-state index >= 15 is 0 Å². The zero-order valence-corrected chi connectivity index (χ0v) is 14.8. The maximum Gasteiger partial charge on any atom is 0.317 e. The lowest BCUT2D eigenvalue weighted by molar-refractivity contribution is 0.152. The zero-order chi connectivity index (χ0) is 17.5. The number of aromatic nitrogens is 2. The summed E-state index contributed by atoms with van der Waals surface area (Å²) in [4.78, 5) is 20.4. The number of furan rings is 1. The van der Waals surface area contributed by atoms with Crippen LogP contribution in [0.25, 0.3) is 0 Å². The summed E-state index contributed by atoms with van der Waals surface area (Å²) in [5.41, 5.74) is 0. The molecule has 0 bridgehead atoms. The molecule has 2 aromatic heterocycles. The highest BCUT2D eigenvalue weighted by Crippen LogP contribution is 2.18. The first-order valence-electron chi connectivity index (χ1n) is 8.90. The summed E-state index contributed by atoms with van der Waals surface area (Å²) in [7, 11) is 1.83. The quantitative estimate of drug-likeness (QED) is 0.834. The molecular formula is C18H27N5O2. The summed E-state index contributed by atoms with van der Waals surface area (Å²) in [5.74, 6) is 1.50. The summed E-state index contributed by atoms with van der Waals surface area (Å²) in [5, 5.41) is 3.07. The number of hydrogen-bond donors (Lipinski definition) is 1. The number of nitrogens with one attached hydrogen (secondary N) is 1. The second kappa shape index (κ2) is 8.71. The van der Waals surface area contributed by atoms with Crippen molar-refractivity contribution in [3.8, 4) is 0 Å². The second-order valence-corrected chi connectivity index (χ2v) is 6.73. The molecule has 25 heavy (non-hydrogen) atoms. The highest BCUT2D eigenvalue weighted by molar-refractivity contribution is 5.73. The summed E-state index contributed by atoms with van der Waals surface area (Å²) in [6.07, 6.45) is 9.46. The van der Waals surface area contributed by atoms with Crippen LogP contribution in [0.1, 0.15) is 18.6 Å². The summed E-state index contributed by atoms with van der Waals surface area (Å²) in [6.45, 7) is 5.09. The van der Waals surface area contributed by atoms with Crippen LogP contribution >= 0.6 is 0 Å². The fraction of sp³-hybridized carbons (Fsp3) is 0.556. The minimum Gasteiger partial charge on any atom is -0.468 e. The maximum atomic E-state index is 12.2. The number of piperidine rings is 1. The fourth-order valence-electron chi connectivity index (χ4n) is 3.24. The minimum atomic E-state index is -0.0109. The predicted octanol–water partition coefficient (Wildman–Crippen LogP) is 2.03. The van der Waals surface area contributed by atoms with Crippen molar-refractivity contribution in [2.24, 2.45) is 5.92 Å². The van der Waals surface area contributed by atoms with E-state index < -0.39 is 0 Å². The largest absolute Gasteiger partial charge is 0.468 e. The van der Waals surface area contributed by atoms with Gasteiger partial charge in [0, 0.05) is 45.6 Å². The number of rotatable bonds is 7. The predicted molar refractivity (Wildman–Crippen MR) is 95.0 cm³/mol. The first-order chi connectivity index (χ1) is 12.2. The number of hydrogen-bond acceptors (Lipinski definition) is 4.